The number of benzene rings is 1. The summed E-state index contributed by atoms with van der Waals surface area (Å²) in [5.41, 5.74) is 2.38. The third-order valence-electron chi connectivity index (χ3n) is 3.68. The van der Waals surface area contributed by atoms with Crippen LogP contribution in [-0.4, -0.2) is 29.5 Å². The number of amides is 1. The van der Waals surface area contributed by atoms with Gasteiger partial charge in [0.1, 0.15) is 0 Å². The van der Waals surface area contributed by atoms with Gasteiger partial charge < -0.3 is 9.64 Å². The minimum Gasteiger partial charge on any atom is -0.449 e. The summed E-state index contributed by atoms with van der Waals surface area (Å²) in [5, 5.41) is 0. The molecule has 2 aromatic rings. The smallest absolute Gasteiger partial charge is 0.340 e. The van der Waals surface area contributed by atoms with Crippen LogP contribution in [0.1, 0.15) is 22.8 Å². The Kier molecular flexibility index (Phi) is 3.87. The van der Waals surface area contributed by atoms with Crippen molar-refractivity contribution in [1.29, 1.82) is 0 Å². The Bertz CT molecular complexity index is 700. The molecule has 0 N–H and O–H groups in total. The van der Waals surface area contributed by atoms with Crippen molar-refractivity contribution < 1.29 is 14.3 Å². The van der Waals surface area contributed by atoms with E-state index < -0.39 is 12.1 Å². The second-order valence-electron chi connectivity index (χ2n) is 5.16. The van der Waals surface area contributed by atoms with Gasteiger partial charge in [0.25, 0.3) is 5.91 Å². The van der Waals surface area contributed by atoms with Gasteiger partial charge in [0.05, 0.1) is 5.56 Å². The highest BCUT2D eigenvalue weighted by molar-refractivity contribution is 6.00. The van der Waals surface area contributed by atoms with Crippen molar-refractivity contribution in [3.8, 4) is 0 Å². The Hall–Kier alpha value is -2.69. The van der Waals surface area contributed by atoms with E-state index in [9.17, 15) is 9.59 Å². The molecular formula is C17H16N2O3. The summed E-state index contributed by atoms with van der Waals surface area (Å²) in [4.78, 5) is 30.0. The maximum Gasteiger partial charge on any atom is 0.340 e. The third kappa shape index (κ3) is 2.70. The number of fused-ring (bicyclic) bond motifs is 1. The number of carbonyl (C=O) groups is 2. The number of carbonyl (C=O) groups excluding carboxylic acids is 2. The maximum atomic E-state index is 12.5. The molecule has 0 bridgehead atoms. The highest BCUT2D eigenvalue weighted by Gasteiger charge is 2.29. The fraction of sp³-hybridized carbons (Fsp3) is 0.235. The van der Waals surface area contributed by atoms with Crippen LogP contribution in [0.4, 0.5) is 5.69 Å². The quantitative estimate of drug-likeness (QED) is 0.815. The van der Waals surface area contributed by atoms with E-state index in [1.807, 2.05) is 24.3 Å². The van der Waals surface area contributed by atoms with Crippen molar-refractivity contribution in [3.63, 3.8) is 0 Å². The number of nitrogens with zero attached hydrogens (tertiary/aromatic N) is 2. The van der Waals surface area contributed by atoms with Gasteiger partial charge in [-0.05, 0) is 37.1 Å². The molecule has 5 nitrogen and oxygen atoms in total. The molecule has 1 unspecified atom stereocenters. The maximum absolute atomic E-state index is 12.5. The molecule has 1 amide bonds. The van der Waals surface area contributed by atoms with Crippen molar-refractivity contribution in [1.82, 2.24) is 4.98 Å². The molecule has 112 valence electrons. The molecule has 0 spiro atoms. The number of hydrogen-bond donors (Lipinski definition) is 0. The first-order chi connectivity index (χ1) is 10.7. The molecule has 3 rings (SSSR count). The van der Waals surface area contributed by atoms with Gasteiger partial charge in [0.15, 0.2) is 6.10 Å². The second kappa shape index (κ2) is 5.97. The average molecular weight is 296 g/mol. The average Bonchev–Trinajstić information content (AvgIpc) is 2.99. The van der Waals surface area contributed by atoms with E-state index in [1.165, 1.54) is 6.20 Å². The summed E-state index contributed by atoms with van der Waals surface area (Å²) in [6.07, 6.45) is 2.99. The molecule has 1 aliphatic rings. The van der Waals surface area contributed by atoms with E-state index in [1.54, 1.807) is 30.2 Å². The molecule has 0 saturated heterocycles. The number of pyridine rings is 1. The lowest BCUT2D eigenvalue weighted by Crippen LogP contribution is -2.39. The van der Waals surface area contributed by atoms with Gasteiger partial charge in [-0.25, -0.2) is 4.79 Å². The SMILES string of the molecule is CC(OC(=O)c1cccnc1)C(=O)N1CCc2ccccc21. The lowest BCUT2D eigenvalue weighted by molar-refractivity contribution is -0.126. The topological polar surface area (TPSA) is 59.5 Å². The lowest BCUT2D eigenvalue weighted by Gasteiger charge is -2.21. The van der Waals surface area contributed by atoms with Gasteiger partial charge >= 0.3 is 5.97 Å². The highest BCUT2D eigenvalue weighted by atomic mass is 16.5. The zero-order valence-corrected chi connectivity index (χ0v) is 12.2. The summed E-state index contributed by atoms with van der Waals surface area (Å²) in [5.74, 6) is -0.747. The van der Waals surface area contributed by atoms with Crippen LogP contribution in [-0.2, 0) is 16.0 Å². The lowest BCUT2D eigenvalue weighted by atomic mass is 10.2. The molecule has 22 heavy (non-hydrogen) atoms. The number of rotatable bonds is 3. The molecule has 1 aromatic carbocycles. The van der Waals surface area contributed by atoms with E-state index in [2.05, 4.69) is 4.98 Å². The summed E-state index contributed by atoms with van der Waals surface area (Å²) in [7, 11) is 0. The van der Waals surface area contributed by atoms with Crippen molar-refractivity contribution in [2.45, 2.75) is 19.4 Å². The summed E-state index contributed by atoms with van der Waals surface area (Å²) < 4.78 is 5.26. The third-order valence-corrected chi connectivity index (χ3v) is 3.68. The van der Waals surface area contributed by atoms with Crippen LogP contribution >= 0.6 is 0 Å². The van der Waals surface area contributed by atoms with Crippen LogP contribution in [0.2, 0.25) is 0 Å². The standard InChI is InChI=1S/C17H16N2O3/c1-12(22-17(21)14-6-4-9-18-11-14)16(20)19-10-8-13-5-2-3-7-15(13)19/h2-7,9,11-12H,8,10H2,1H3. The molecule has 0 fully saturated rings. The van der Waals surface area contributed by atoms with Crippen molar-refractivity contribution in [2.24, 2.45) is 0 Å². The summed E-state index contributed by atoms with van der Waals surface area (Å²) in [6, 6.07) is 11.0. The minimum absolute atomic E-state index is 0.206. The predicted octanol–water partition coefficient (Wildman–Crippen LogP) is 2.22. The molecule has 0 radical (unpaired) electrons. The zero-order valence-electron chi connectivity index (χ0n) is 12.2. The number of esters is 1. The van der Waals surface area contributed by atoms with Crippen molar-refractivity contribution in [2.75, 3.05) is 11.4 Å². The number of para-hydroxylation sites is 1. The number of aromatic nitrogens is 1. The van der Waals surface area contributed by atoms with Crippen LogP contribution in [0.3, 0.4) is 0 Å². The van der Waals surface area contributed by atoms with Crippen molar-refractivity contribution in [3.05, 3.63) is 59.9 Å². The monoisotopic (exact) mass is 296 g/mol. The molecule has 5 heteroatoms. The van der Waals surface area contributed by atoms with Crippen molar-refractivity contribution >= 4 is 17.6 Å². The fourth-order valence-corrected chi connectivity index (χ4v) is 2.55. The van der Waals surface area contributed by atoms with E-state index >= 15 is 0 Å². The molecule has 0 aliphatic carbocycles. The van der Waals surface area contributed by atoms with Crippen LogP contribution in [0.25, 0.3) is 0 Å². The highest BCUT2D eigenvalue weighted by Crippen LogP contribution is 2.28. The summed E-state index contributed by atoms with van der Waals surface area (Å²) >= 11 is 0. The van der Waals surface area contributed by atoms with E-state index in [4.69, 9.17) is 4.74 Å². The fourth-order valence-electron chi connectivity index (χ4n) is 2.55. The predicted molar refractivity (Wildman–Crippen MR) is 81.6 cm³/mol. The number of anilines is 1. The molecule has 1 aromatic heterocycles. The Morgan fingerprint density at radius 3 is 2.82 bits per heavy atom. The molecule has 1 atom stereocenters. The van der Waals surface area contributed by atoms with Gasteiger partial charge in [0, 0.05) is 24.6 Å². The first kappa shape index (κ1) is 14.3. The number of hydrogen-bond acceptors (Lipinski definition) is 4. The van der Waals surface area contributed by atoms with Crippen LogP contribution in [0, 0.1) is 0 Å². The van der Waals surface area contributed by atoms with Crippen LogP contribution < -0.4 is 4.90 Å². The largest absolute Gasteiger partial charge is 0.449 e. The van der Waals surface area contributed by atoms with Gasteiger partial charge in [-0.1, -0.05) is 18.2 Å². The van der Waals surface area contributed by atoms with E-state index in [0.29, 0.717) is 12.1 Å². The normalized spacial score (nSPS) is 14.3. The molecular weight excluding hydrogens is 280 g/mol. The zero-order chi connectivity index (χ0) is 15.5. The number of ether oxygens (including phenoxy) is 1. The Balaban J connectivity index is 1.70. The molecule has 1 aliphatic heterocycles. The molecule has 2 heterocycles. The van der Waals surface area contributed by atoms with E-state index in [0.717, 1.165) is 17.7 Å². The van der Waals surface area contributed by atoms with Gasteiger partial charge in [0.2, 0.25) is 0 Å². The molecule has 0 saturated carbocycles. The minimum atomic E-state index is -0.834. The van der Waals surface area contributed by atoms with Crippen LogP contribution in [0.15, 0.2) is 48.8 Å². The Labute approximate surface area is 128 Å². The van der Waals surface area contributed by atoms with E-state index in [-0.39, 0.29) is 5.91 Å². The van der Waals surface area contributed by atoms with Gasteiger partial charge in [-0.2, -0.15) is 0 Å². The van der Waals surface area contributed by atoms with Crippen LogP contribution in [0.5, 0.6) is 0 Å². The van der Waals surface area contributed by atoms with Gasteiger partial charge in [-0.3, -0.25) is 9.78 Å². The van der Waals surface area contributed by atoms with Gasteiger partial charge in [-0.15, -0.1) is 0 Å². The first-order valence-electron chi connectivity index (χ1n) is 7.17. The summed E-state index contributed by atoms with van der Waals surface area (Å²) in [6.45, 7) is 2.21. The second-order valence-corrected chi connectivity index (χ2v) is 5.16. The Morgan fingerprint density at radius 2 is 2.05 bits per heavy atom. The Morgan fingerprint density at radius 1 is 1.23 bits per heavy atom. The first-order valence-corrected chi connectivity index (χ1v) is 7.17.